The summed E-state index contributed by atoms with van der Waals surface area (Å²) in [6, 6.07) is 17.1. The number of amides is 2. The summed E-state index contributed by atoms with van der Waals surface area (Å²) in [5.41, 5.74) is 2.25. The predicted octanol–water partition coefficient (Wildman–Crippen LogP) is 3.54. The van der Waals surface area contributed by atoms with E-state index in [1.807, 2.05) is 54.4 Å². The van der Waals surface area contributed by atoms with E-state index >= 15 is 0 Å². The lowest BCUT2D eigenvalue weighted by Gasteiger charge is -2.45. The third-order valence-corrected chi connectivity index (χ3v) is 5.37. The van der Waals surface area contributed by atoms with E-state index in [0.717, 1.165) is 17.8 Å². The minimum atomic E-state index is -0.914. The van der Waals surface area contributed by atoms with Crippen molar-refractivity contribution >= 4 is 17.7 Å². The molecular weight excluding hydrogens is 354 g/mol. The molecule has 6 nitrogen and oxygen atoms in total. The first kappa shape index (κ1) is 19.9. The summed E-state index contributed by atoms with van der Waals surface area (Å²) in [4.78, 5) is 29.9. The fourth-order valence-corrected chi connectivity index (χ4v) is 3.76. The molecule has 0 radical (unpaired) electrons. The van der Waals surface area contributed by atoms with Crippen LogP contribution in [-0.4, -0.2) is 59.1 Å². The second-order valence-corrected chi connectivity index (χ2v) is 7.45. The van der Waals surface area contributed by atoms with Crippen LogP contribution >= 0.6 is 0 Å². The maximum absolute atomic E-state index is 12.9. The van der Waals surface area contributed by atoms with Crippen LogP contribution in [0.4, 0.5) is 10.5 Å². The fraction of sp³-hybridized carbons (Fsp3) is 0.364. The summed E-state index contributed by atoms with van der Waals surface area (Å²) in [6.45, 7) is 6.31. The first-order valence-corrected chi connectivity index (χ1v) is 9.52. The van der Waals surface area contributed by atoms with Crippen LogP contribution in [0.15, 0.2) is 54.6 Å². The quantitative estimate of drug-likeness (QED) is 0.880. The Morgan fingerprint density at radius 2 is 1.57 bits per heavy atom. The van der Waals surface area contributed by atoms with Gasteiger partial charge in [-0.1, -0.05) is 30.3 Å². The van der Waals surface area contributed by atoms with Crippen LogP contribution in [0.2, 0.25) is 0 Å². The van der Waals surface area contributed by atoms with E-state index in [1.165, 1.54) is 0 Å². The number of hydrogen-bond acceptors (Lipinski definition) is 3. The van der Waals surface area contributed by atoms with Gasteiger partial charge in [-0.2, -0.15) is 0 Å². The molecule has 2 atom stereocenters. The van der Waals surface area contributed by atoms with Crippen LogP contribution in [0.1, 0.15) is 29.8 Å². The van der Waals surface area contributed by atoms with E-state index in [9.17, 15) is 9.59 Å². The summed E-state index contributed by atoms with van der Waals surface area (Å²) in [7, 11) is 1.81. The highest BCUT2D eigenvalue weighted by Crippen LogP contribution is 2.22. The second-order valence-electron chi connectivity index (χ2n) is 7.45. The molecule has 6 heteroatoms. The van der Waals surface area contributed by atoms with Gasteiger partial charge < -0.3 is 10.0 Å². The lowest BCUT2D eigenvalue weighted by molar-refractivity contribution is 0.0512. The second kappa shape index (κ2) is 8.44. The van der Waals surface area contributed by atoms with Crippen molar-refractivity contribution in [1.82, 2.24) is 9.80 Å². The Morgan fingerprint density at radius 3 is 2.11 bits per heavy atom. The van der Waals surface area contributed by atoms with Gasteiger partial charge in [0.1, 0.15) is 0 Å². The van der Waals surface area contributed by atoms with Crippen molar-refractivity contribution in [3.8, 4) is 0 Å². The van der Waals surface area contributed by atoms with Crippen molar-refractivity contribution in [3.63, 3.8) is 0 Å². The van der Waals surface area contributed by atoms with Gasteiger partial charge >= 0.3 is 12.0 Å². The summed E-state index contributed by atoms with van der Waals surface area (Å²) in [5, 5.41) is 9.04. The number of nitrogens with zero attached hydrogens (tertiary/aromatic N) is 3. The topological polar surface area (TPSA) is 64.1 Å². The van der Waals surface area contributed by atoms with Crippen molar-refractivity contribution in [2.75, 3.05) is 25.0 Å². The highest BCUT2D eigenvalue weighted by molar-refractivity contribution is 5.91. The summed E-state index contributed by atoms with van der Waals surface area (Å²) in [6.07, 6.45) is 0. The number of carboxylic acids is 1. The van der Waals surface area contributed by atoms with Crippen LogP contribution in [0.3, 0.4) is 0 Å². The predicted molar refractivity (Wildman–Crippen MR) is 110 cm³/mol. The molecule has 2 amide bonds. The molecule has 0 aromatic heterocycles. The molecule has 28 heavy (non-hydrogen) atoms. The number of urea groups is 1. The van der Waals surface area contributed by atoms with Gasteiger partial charge in [-0.05, 0) is 43.7 Å². The Hall–Kier alpha value is -2.86. The highest BCUT2D eigenvalue weighted by Gasteiger charge is 2.33. The Kier molecular flexibility index (Phi) is 5.99. The summed E-state index contributed by atoms with van der Waals surface area (Å²) < 4.78 is 0. The SMILES string of the molecule is C[C@@H]1CN(C(=O)N(C)c2ccccc2)C[C@H](C)N1Cc1ccc(C(=O)O)cc1. The third-order valence-electron chi connectivity index (χ3n) is 5.37. The first-order chi connectivity index (χ1) is 13.4. The number of carbonyl (C=O) groups excluding carboxylic acids is 1. The zero-order valence-electron chi connectivity index (χ0n) is 16.6. The molecule has 0 spiro atoms. The van der Waals surface area contributed by atoms with Crippen molar-refractivity contribution in [1.29, 1.82) is 0 Å². The standard InChI is InChI=1S/C22H27N3O3/c1-16-13-24(22(28)23(3)20-7-5-4-6-8-20)14-17(2)25(16)15-18-9-11-19(12-10-18)21(26)27/h4-12,16-17H,13-15H2,1-3H3,(H,26,27)/t16-,17+. The number of carboxylic acid groups (broad SMARTS) is 1. The molecule has 148 valence electrons. The Bertz CT molecular complexity index is 811. The largest absolute Gasteiger partial charge is 0.478 e. The van der Waals surface area contributed by atoms with E-state index in [4.69, 9.17) is 5.11 Å². The normalized spacial score (nSPS) is 20.0. The van der Waals surface area contributed by atoms with Crippen LogP contribution in [0, 0.1) is 0 Å². The number of para-hydroxylation sites is 1. The molecule has 0 bridgehead atoms. The molecule has 1 fully saturated rings. The van der Waals surface area contributed by atoms with Crippen LogP contribution < -0.4 is 4.90 Å². The molecule has 3 rings (SSSR count). The maximum Gasteiger partial charge on any atom is 0.335 e. The molecule has 0 saturated carbocycles. The van der Waals surface area contributed by atoms with E-state index in [-0.39, 0.29) is 18.1 Å². The van der Waals surface area contributed by atoms with Crippen molar-refractivity contribution in [2.45, 2.75) is 32.5 Å². The van der Waals surface area contributed by atoms with Crippen molar-refractivity contribution < 1.29 is 14.7 Å². The lowest BCUT2D eigenvalue weighted by atomic mass is 10.1. The van der Waals surface area contributed by atoms with Crippen LogP contribution in [-0.2, 0) is 6.54 Å². The van der Waals surface area contributed by atoms with Gasteiger partial charge in [0.15, 0.2) is 0 Å². The number of anilines is 1. The minimum absolute atomic E-state index is 0.00959. The molecule has 1 heterocycles. The number of carbonyl (C=O) groups is 2. The maximum atomic E-state index is 12.9. The molecule has 2 aromatic carbocycles. The Labute approximate surface area is 166 Å². The molecule has 0 aliphatic carbocycles. The fourth-order valence-electron chi connectivity index (χ4n) is 3.76. The van der Waals surface area contributed by atoms with Gasteiger partial charge in [-0.25, -0.2) is 9.59 Å². The van der Waals surface area contributed by atoms with Crippen molar-refractivity contribution in [2.24, 2.45) is 0 Å². The number of benzene rings is 2. The summed E-state index contributed by atoms with van der Waals surface area (Å²) in [5.74, 6) is -0.914. The third kappa shape index (κ3) is 4.34. The lowest BCUT2D eigenvalue weighted by Crippen LogP contribution is -2.59. The van der Waals surface area contributed by atoms with Gasteiger partial charge in [-0.15, -0.1) is 0 Å². The van der Waals surface area contributed by atoms with E-state index < -0.39 is 5.97 Å². The molecule has 1 aliphatic rings. The Balaban J connectivity index is 1.65. The van der Waals surface area contributed by atoms with E-state index in [2.05, 4.69) is 18.7 Å². The van der Waals surface area contributed by atoms with E-state index in [0.29, 0.717) is 18.7 Å². The molecule has 1 aliphatic heterocycles. The number of aromatic carboxylic acids is 1. The van der Waals surface area contributed by atoms with Crippen LogP contribution in [0.5, 0.6) is 0 Å². The first-order valence-electron chi connectivity index (χ1n) is 9.52. The number of rotatable bonds is 4. The smallest absolute Gasteiger partial charge is 0.335 e. The molecule has 1 saturated heterocycles. The molecule has 2 aromatic rings. The Morgan fingerprint density at radius 1 is 1.00 bits per heavy atom. The average Bonchev–Trinajstić information content (AvgIpc) is 2.70. The molecule has 1 N–H and O–H groups in total. The van der Waals surface area contributed by atoms with Gasteiger partial charge in [0, 0.05) is 44.5 Å². The van der Waals surface area contributed by atoms with Gasteiger partial charge in [0.2, 0.25) is 0 Å². The number of piperazine rings is 1. The monoisotopic (exact) mass is 381 g/mol. The highest BCUT2D eigenvalue weighted by atomic mass is 16.4. The number of hydrogen-bond donors (Lipinski definition) is 1. The molecule has 0 unspecified atom stereocenters. The average molecular weight is 381 g/mol. The van der Waals surface area contributed by atoms with Crippen LogP contribution in [0.25, 0.3) is 0 Å². The van der Waals surface area contributed by atoms with E-state index in [1.54, 1.807) is 17.0 Å². The molecular formula is C22H27N3O3. The van der Waals surface area contributed by atoms with Gasteiger partial charge in [0.25, 0.3) is 0 Å². The minimum Gasteiger partial charge on any atom is -0.478 e. The zero-order chi connectivity index (χ0) is 20.3. The summed E-state index contributed by atoms with van der Waals surface area (Å²) >= 11 is 0. The van der Waals surface area contributed by atoms with Crippen molar-refractivity contribution in [3.05, 3.63) is 65.7 Å². The zero-order valence-corrected chi connectivity index (χ0v) is 16.6. The van der Waals surface area contributed by atoms with Gasteiger partial charge in [0.05, 0.1) is 5.56 Å². The van der Waals surface area contributed by atoms with Gasteiger partial charge in [-0.3, -0.25) is 9.80 Å².